The second-order valence-corrected chi connectivity index (χ2v) is 5.62. The molecule has 2 heteroatoms. The number of benzene rings is 1. The molecule has 1 heterocycles. The average Bonchev–Trinajstić information content (AvgIpc) is 2.50. The third kappa shape index (κ3) is 4.31. The van der Waals surface area contributed by atoms with Gasteiger partial charge < -0.3 is 5.73 Å². The Labute approximate surface area is 122 Å². The molecule has 0 amide bonds. The Hall–Kier alpha value is -1.41. The summed E-state index contributed by atoms with van der Waals surface area (Å²) in [5.74, 6) is 0. The number of hydrogen-bond acceptors (Lipinski definition) is 2. The molecule has 0 aliphatic carbocycles. The fourth-order valence-electron chi connectivity index (χ4n) is 2.60. The maximum absolute atomic E-state index is 6.29. The molecule has 0 fully saturated rings. The summed E-state index contributed by atoms with van der Waals surface area (Å²) >= 11 is 0. The van der Waals surface area contributed by atoms with E-state index in [0.717, 1.165) is 17.5 Å². The van der Waals surface area contributed by atoms with Crippen LogP contribution in [-0.4, -0.2) is 4.98 Å². The molecule has 1 aromatic carbocycles. The van der Waals surface area contributed by atoms with Crippen LogP contribution in [-0.2, 0) is 0 Å². The Morgan fingerprint density at radius 1 is 1.05 bits per heavy atom. The van der Waals surface area contributed by atoms with Gasteiger partial charge in [0, 0.05) is 17.6 Å². The largest absolute Gasteiger partial charge is 0.324 e. The zero-order valence-electron chi connectivity index (χ0n) is 12.5. The van der Waals surface area contributed by atoms with Gasteiger partial charge in [-0.1, -0.05) is 63.6 Å². The highest BCUT2D eigenvalue weighted by Gasteiger charge is 2.07. The van der Waals surface area contributed by atoms with E-state index in [1.165, 1.54) is 43.9 Å². The minimum Gasteiger partial charge on any atom is -0.324 e. The molecule has 2 N–H and O–H groups in total. The Kier molecular flexibility index (Phi) is 6.00. The fraction of sp³-hybridized carbons (Fsp3) is 0.500. The van der Waals surface area contributed by atoms with Crippen LogP contribution in [0, 0.1) is 0 Å². The minimum atomic E-state index is 0.123. The van der Waals surface area contributed by atoms with Gasteiger partial charge in [0.2, 0.25) is 0 Å². The summed E-state index contributed by atoms with van der Waals surface area (Å²) in [4.78, 5) is 4.49. The molecule has 20 heavy (non-hydrogen) atoms. The SMILES string of the molecule is CCCCCCCCC(N)c1cnc2ccccc2c1. The highest BCUT2D eigenvalue weighted by molar-refractivity contribution is 5.78. The normalized spacial score (nSPS) is 12.7. The molecular formula is C18H26N2. The van der Waals surface area contributed by atoms with E-state index in [4.69, 9.17) is 5.73 Å². The van der Waals surface area contributed by atoms with Crippen LogP contribution in [0.1, 0.15) is 63.5 Å². The Morgan fingerprint density at radius 3 is 2.65 bits per heavy atom. The number of fused-ring (bicyclic) bond motifs is 1. The predicted molar refractivity (Wildman–Crippen MR) is 86.7 cm³/mol. The van der Waals surface area contributed by atoms with Crippen LogP contribution in [0.4, 0.5) is 0 Å². The van der Waals surface area contributed by atoms with Crippen molar-refractivity contribution < 1.29 is 0 Å². The molecular weight excluding hydrogens is 244 g/mol. The Balaban J connectivity index is 1.83. The quantitative estimate of drug-likeness (QED) is 0.687. The standard InChI is InChI=1S/C18H26N2/c1-2-3-4-5-6-7-11-17(19)16-13-15-10-8-9-12-18(15)20-14-16/h8-10,12-14,17H,2-7,11,19H2,1H3. The van der Waals surface area contributed by atoms with Crippen molar-refractivity contribution >= 4 is 10.9 Å². The van der Waals surface area contributed by atoms with Gasteiger partial charge in [-0.3, -0.25) is 4.98 Å². The summed E-state index contributed by atoms with van der Waals surface area (Å²) in [6.07, 6.45) is 10.9. The topological polar surface area (TPSA) is 38.9 Å². The molecule has 0 aliphatic heterocycles. The number of para-hydroxylation sites is 1. The van der Waals surface area contributed by atoms with Crippen LogP contribution in [0.25, 0.3) is 10.9 Å². The Morgan fingerprint density at radius 2 is 1.80 bits per heavy atom. The van der Waals surface area contributed by atoms with Gasteiger partial charge in [0.05, 0.1) is 5.52 Å². The van der Waals surface area contributed by atoms with E-state index in [2.05, 4.69) is 24.0 Å². The molecule has 0 saturated heterocycles. The molecule has 108 valence electrons. The second kappa shape index (κ2) is 8.01. The van der Waals surface area contributed by atoms with E-state index in [9.17, 15) is 0 Å². The summed E-state index contributed by atoms with van der Waals surface area (Å²) in [7, 11) is 0. The second-order valence-electron chi connectivity index (χ2n) is 5.62. The molecule has 1 atom stereocenters. The molecule has 2 aromatic rings. The van der Waals surface area contributed by atoms with Gasteiger partial charge in [0.25, 0.3) is 0 Å². The number of hydrogen-bond donors (Lipinski definition) is 1. The molecule has 0 saturated carbocycles. The van der Waals surface area contributed by atoms with Gasteiger partial charge in [0.1, 0.15) is 0 Å². The first-order valence-electron chi connectivity index (χ1n) is 7.91. The van der Waals surface area contributed by atoms with E-state index >= 15 is 0 Å². The molecule has 0 bridgehead atoms. The lowest BCUT2D eigenvalue weighted by Gasteiger charge is -2.12. The fourth-order valence-corrected chi connectivity index (χ4v) is 2.60. The molecule has 2 rings (SSSR count). The van der Waals surface area contributed by atoms with Crippen molar-refractivity contribution in [3.05, 3.63) is 42.1 Å². The highest BCUT2D eigenvalue weighted by Crippen LogP contribution is 2.21. The van der Waals surface area contributed by atoms with Crippen molar-refractivity contribution in [3.63, 3.8) is 0 Å². The number of pyridine rings is 1. The molecule has 1 unspecified atom stereocenters. The van der Waals surface area contributed by atoms with Gasteiger partial charge in [-0.05, 0) is 24.1 Å². The molecule has 0 spiro atoms. The monoisotopic (exact) mass is 270 g/mol. The lowest BCUT2D eigenvalue weighted by molar-refractivity contribution is 0.547. The third-order valence-corrected chi connectivity index (χ3v) is 3.91. The van der Waals surface area contributed by atoms with Crippen LogP contribution in [0.3, 0.4) is 0 Å². The first kappa shape index (κ1) is 15.0. The first-order valence-corrected chi connectivity index (χ1v) is 7.91. The molecule has 1 aromatic heterocycles. The summed E-state index contributed by atoms with van der Waals surface area (Å²) in [6.45, 7) is 2.25. The number of nitrogens with two attached hydrogens (primary N) is 1. The van der Waals surface area contributed by atoms with Crippen LogP contribution in [0.15, 0.2) is 36.5 Å². The van der Waals surface area contributed by atoms with Crippen molar-refractivity contribution in [1.82, 2.24) is 4.98 Å². The summed E-state index contributed by atoms with van der Waals surface area (Å²) in [5.41, 5.74) is 8.50. The van der Waals surface area contributed by atoms with Crippen molar-refractivity contribution in [2.24, 2.45) is 5.73 Å². The van der Waals surface area contributed by atoms with Crippen molar-refractivity contribution in [2.45, 2.75) is 57.9 Å². The van der Waals surface area contributed by atoms with Crippen molar-refractivity contribution in [2.75, 3.05) is 0 Å². The van der Waals surface area contributed by atoms with Crippen LogP contribution >= 0.6 is 0 Å². The van der Waals surface area contributed by atoms with E-state index in [1.807, 2.05) is 24.4 Å². The van der Waals surface area contributed by atoms with Gasteiger partial charge in [-0.2, -0.15) is 0 Å². The van der Waals surface area contributed by atoms with Crippen molar-refractivity contribution in [1.29, 1.82) is 0 Å². The van der Waals surface area contributed by atoms with Gasteiger partial charge in [-0.25, -0.2) is 0 Å². The lowest BCUT2D eigenvalue weighted by Crippen LogP contribution is -2.10. The first-order chi connectivity index (χ1) is 9.81. The molecule has 0 radical (unpaired) electrons. The van der Waals surface area contributed by atoms with Gasteiger partial charge >= 0.3 is 0 Å². The molecule has 2 nitrogen and oxygen atoms in total. The zero-order chi connectivity index (χ0) is 14.2. The predicted octanol–water partition coefficient (Wildman–Crippen LogP) is 4.99. The van der Waals surface area contributed by atoms with Gasteiger partial charge in [-0.15, -0.1) is 0 Å². The minimum absolute atomic E-state index is 0.123. The third-order valence-electron chi connectivity index (χ3n) is 3.91. The van der Waals surface area contributed by atoms with Crippen LogP contribution < -0.4 is 5.73 Å². The van der Waals surface area contributed by atoms with Gasteiger partial charge in [0.15, 0.2) is 0 Å². The maximum atomic E-state index is 6.29. The lowest BCUT2D eigenvalue weighted by atomic mass is 10.0. The van der Waals surface area contributed by atoms with Crippen molar-refractivity contribution in [3.8, 4) is 0 Å². The Bertz CT molecular complexity index is 522. The van der Waals surface area contributed by atoms with E-state index in [-0.39, 0.29) is 6.04 Å². The summed E-state index contributed by atoms with van der Waals surface area (Å²) in [6, 6.07) is 10.5. The molecule has 0 aliphatic rings. The summed E-state index contributed by atoms with van der Waals surface area (Å²) < 4.78 is 0. The maximum Gasteiger partial charge on any atom is 0.0702 e. The van der Waals surface area contributed by atoms with Crippen LogP contribution in [0.2, 0.25) is 0 Å². The van der Waals surface area contributed by atoms with Crippen LogP contribution in [0.5, 0.6) is 0 Å². The highest BCUT2D eigenvalue weighted by atomic mass is 14.7. The smallest absolute Gasteiger partial charge is 0.0702 e. The average molecular weight is 270 g/mol. The number of aromatic nitrogens is 1. The van der Waals surface area contributed by atoms with E-state index in [1.54, 1.807) is 0 Å². The number of rotatable bonds is 8. The number of nitrogens with zero attached hydrogens (tertiary/aromatic N) is 1. The number of unbranched alkanes of at least 4 members (excludes halogenated alkanes) is 5. The van der Waals surface area contributed by atoms with E-state index < -0.39 is 0 Å². The summed E-state index contributed by atoms with van der Waals surface area (Å²) in [5, 5.41) is 1.18. The van der Waals surface area contributed by atoms with E-state index in [0.29, 0.717) is 0 Å². The zero-order valence-corrected chi connectivity index (χ0v) is 12.5.